The van der Waals surface area contributed by atoms with Crippen molar-refractivity contribution in [2.24, 2.45) is 5.92 Å². The van der Waals surface area contributed by atoms with Gasteiger partial charge in [0.15, 0.2) is 0 Å². The molecule has 3 aromatic heterocycles. The van der Waals surface area contributed by atoms with Crippen LogP contribution in [0.15, 0.2) is 36.7 Å². The summed E-state index contributed by atoms with van der Waals surface area (Å²) < 4.78 is 10.8. The van der Waals surface area contributed by atoms with E-state index in [0.717, 1.165) is 53.9 Å². The maximum atomic E-state index is 12.7. The fraction of sp³-hybridized carbons (Fsp3) is 0.458. The first-order valence-electron chi connectivity index (χ1n) is 11.2. The van der Waals surface area contributed by atoms with Gasteiger partial charge in [-0.25, -0.2) is 14.8 Å². The number of H-pyrrole nitrogens is 1. The number of hydrogen-bond acceptors (Lipinski definition) is 6. The largest absolute Gasteiger partial charge is 0.481 e. The maximum Gasteiger partial charge on any atom is 0.410 e. The summed E-state index contributed by atoms with van der Waals surface area (Å²) in [5, 5.41) is 1.08. The summed E-state index contributed by atoms with van der Waals surface area (Å²) in [6, 6.07) is 8.43. The summed E-state index contributed by atoms with van der Waals surface area (Å²) in [6.45, 7) is 6.19. The third kappa shape index (κ3) is 3.74. The highest BCUT2D eigenvalue weighted by molar-refractivity contribution is 5.94. The van der Waals surface area contributed by atoms with Crippen molar-refractivity contribution >= 4 is 22.8 Å². The molecule has 2 aliphatic heterocycles. The predicted molar refractivity (Wildman–Crippen MR) is 123 cm³/mol. The molecule has 5 heterocycles. The Labute approximate surface area is 187 Å². The molecule has 0 radical (unpaired) electrons. The number of piperazine rings is 1. The van der Waals surface area contributed by atoms with Gasteiger partial charge in [0, 0.05) is 53.9 Å². The van der Waals surface area contributed by atoms with Crippen molar-refractivity contribution in [3.8, 4) is 17.1 Å². The summed E-state index contributed by atoms with van der Waals surface area (Å²) in [7, 11) is 1.61. The van der Waals surface area contributed by atoms with Crippen molar-refractivity contribution in [2.75, 3.05) is 31.7 Å². The number of pyridine rings is 2. The highest BCUT2D eigenvalue weighted by Crippen LogP contribution is 2.37. The van der Waals surface area contributed by atoms with Crippen LogP contribution in [0.25, 0.3) is 22.3 Å². The molecule has 2 unspecified atom stereocenters. The number of nitrogens with one attached hydrogen (secondary N) is 1. The van der Waals surface area contributed by atoms with Crippen molar-refractivity contribution in [1.29, 1.82) is 0 Å². The Morgan fingerprint density at radius 1 is 1.16 bits per heavy atom. The molecule has 2 atom stereocenters. The Morgan fingerprint density at radius 3 is 2.62 bits per heavy atom. The van der Waals surface area contributed by atoms with Crippen LogP contribution in [0.3, 0.4) is 0 Å². The van der Waals surface area contributed by atoms with E-state index in [1.807, 2.05) is 23.2 Å². The monoisotopic (exact) mass is 435 g/mol. The number of nitrogens with zero attached hydrogens (tertiary/aromatic N) is 4. The summed E-state index contributed by atoms with van der Waals surface area (Å²) >= 11 is 0. The van der Waals surface area contributed by atoms with Gasteiger partial charge in [0.1, 0.15) is 5.65 Å². The predicted octanol–water partition coefficient (Wildman–Crippen LogP) is 4.08. The van der Waals surface area contributed by atoms with Crippen LogP contribution >= 0.6 is 0 Å². The first-order valence-corrected chi connectivity index (χ1v) is 11.2. The Hall–Kier alpha value is -3.29. The Morgan fingerprint density at radius 2 is 1.91 bits per heavy atom. The number of rotatable bonds is 5. The minimum atomic E-state index is -0.165. The molecular formula is C24H29N5O3. The van der Waals surface area contributed by atoms with Crippen molar-refractivity contribution in [3.63, 3.8) is 0 Å². The van der Waals surface area contributed by atoms with Crippen molar-refractivity contribution in [1.82, 2.24) is 19.9 Å². The van der Waals surface area contributed by atoms with Gasteiger partial charge in [-0.15, -0.1) is 0 Å². The molecule has 8 heteroatoms. The molecule has 8 nitrogen and oxygen atoms in total. The number of carbonyl (C=O) groups is 1. The molecule has 5 rings (SSSR count). The summed E-state index contributed by atoms with van der Waals surface area (Å²) in [5.74, 6) is 0.914. The number of anilines is 1. The second kappa shape index (κ2) is 8.33. The van der Waals surface area contributed by atoms with Crippen LogP contribution in [-0.2, 0) is 4.74 Å². The number of fused-ring (bicyclic) bond motifs is 3. The average molecular weight is 436 g/mol. The third-order valence-electron chi connectivity index (χ3n) is 6.34. The maximum absolute atomic E-state index is 12.7. The number of ether oxygens (including phenoxy) is 2. The molecule has 1 amide bonds. The summed E-state index contributed by atoms with van der Waals surface area (Å²) in [4.78, 5) is 29.2. The number of aromatic nitrogens is 3. The molecule has 2 fully saturated rings. The second-order valence-electron chi connectivity index (χ2n) is 9.03. The van der Waals surface area contributed by atoms with Crippen LogP contribution in [-0.4, -0.2) is 64.8 Å². The smallest absolute Gasteiger partial charge is 0.410 e. The molecule has 2 saturated heterocycles. The van der Waals surface area contributed by atoms with Crippen LogP contribution in [0, 0.1) is 5.92 Å². The number of carbonyl (C=O) groups excluding carboxylic acids is 1. The van der Waals surface area contributed by atoms with E-state index in [0.29, 0.717) is 18.4 Å². The van der Waals surface area contributed by atoms with E-state index in [1.165, 1.54) is 0 Å². The van der Waals surface area contributed by atoms with Gasteiger partial charge < -0.3 is 19.4 Å². The molecule has 0 aromatic carbocycles. The second-order valence-corrected chi connectivity index (χ2v) is 9.03. The van der Waals surface area contributed by atoms with Gasteiger partial charge in [0.05, 0.1) is 25.8 Å². The first kappa shape index (κ1) is 20.6. The van der Waals surface area contributed by atoms with E-state index in [-0.39, 0.29) is 18.2 Å². The van der Waals surface area contributed by atoms with Gasteiger partial charge in [0.25, 0.3) is 0 Å². The lowest BCUT2D eigenvalue weighted by atomic mass is 10.1. The number of amides is 1. The zero-order valence-electron chi connectivity index (χ0n) is 18.7. The molecular weight excluding hydrogens is 406 g/mol. The van der Waals surface area contributed by atoms with E-state index in [1.54, 1.807) is 13.3 Å². The molecule has 168 valence electrons. The standard InChI is InChI=1S/C24H29N5O3/c1-15(2)14-32-24(30)29-17-4-5-18(29)13-28(12-17)21-7-9-26-23-19(21)11-20(27-23)16-6-8-25-22(10-16)31-3/h6-11,15,17-18H,4-5,12-14H2,1-3H3,(H,26,27). The van der Waals surface area contributed by atoms with Crippen LogP contribution in [0.2, 0.25) is 0 Å². The molecule has 0 aliphatic carbocycles. The van der Waals surface area contributed by atoms with E-state index < -0.39 is 0 Å². The third-order valence-corrected chi connectivity index (χ3v) is 6.34. The van der Waals surface area contributed by atoms with E-state index in [2.05, 4.69) is 45.8 Å². The molecule has 0 saturated carbocycles. The fourth-order valence-electron chi connectivity index (χ4n) is 4.84. The van der Waals surface area contributed by atoms with Crippen molar-refractivity contribution in [3.05, 3.63) is 36.7 Å². The zero-order valence-corrected chi connectivity index (χ0v) is 18.7. The van der Waals surface area contributed by atoms with Gasteiger partial charge in [-0.1, -0.05) is 13.8 Å². The fourth-order valence-corrected chi connectivity index (χ4v) is 4.84. The van der Waals surface area contributed by atoms with Gasteiger partial charge in [-0.3, -0.25) is 4.90 Å². The van der Waals surface area contributed by atoms with Gasteiger partial charge >= 0.3 is 6.09 Å². The summed E-state index contributed by atoms with van der Waals surface area (Å²) in [5.41, 5.74) is 3.96. The molecule has 2 aliphatic rings. The van der Waals surface area contributed by atoms with Crippen LogP contribution in [0.4, 0.5) is 10.5 Å². The average Bonchev–Trinajstić information content (AvgIpc) is 3.35. The van der Waals surface area contributed by atoms with Crippen molar-refractivity contribution in [2.45, 2.75) is 38.8 Å². The topological polar surface area (TPSA) is 83.6 Å². The van der Waals surface area contributed by atoms with Crippen LogP contribution < -0.4 is 9.64 Å². The lowest BCUT2D eigenvalue weighted by Crippen LogP contribution is -2.56. The van der Waals surface area contributed by atoms with E-state index in [4.69, 9.17) is 9.47 Å². The number of methoxy groups -OCH3 is 1. The zero-order chi connectivity index (χ0) is 22.2. The SMILES string of the molecule is COc1cc(-c2cc3c(N4CC5CCC(C4)N5C(=O)OCC(C)C)ccnc3[nH]2)ccn1. The molecule has 1 N–H and O–H groups in total. The molecule has 0 spiro atoms. The lowest BCUT2D eigenvalue weighted by Gasteiger charge is -2.41. The Kier molecular flexibility index (Phi) is 5.36. The molecule has 32 heavy (non-hydrogen) atoms. The lowest BCUT2D eigenvalue weighted by molar-refractivity contribution is 0.0705. The van der Waals surface area contributed by atoms with Gasteiger partial charge in [-0.05, 0) is 37.0 Å². The highest BCUT2D eigenvalue weighted by Gasteiger charge is 2.43. The number of hydrogen-bond donors (Lipinski definition) is 1. The quantitative estimate of drug-likeness (QED) is 0.650. The van der Waals surface area contributed by atoms with Crippen LogP contribution in [0.1, 0.15) is 26.7 Å². The minimum absolute atomic E-state index is 0.165. The molecule has 2 bridgehead atoms. The normalized spacial score (nSPS) is 20.2. The van der Waals surface area contributed by atoms with Gasteiger partial charge in [-0.2, -0.15) is 0 Å². The van der Waals surface area contributed by atoms with Crippen molar-refractivity contribution < 1.29 is 14.3 Å². The Balaban J connectivity index is 1.40. The minimum Gasteiger partial charge on any atom is -0.481 e. The molecule has 3 aromatic rings. The highest BCUT2D eigenvalue weighted by atomic mass is 16.6. The number of aromatic amines is 1. The van der Waals surface area contributed by atoms with Crippen LogP contribution in [0.5, 0.6) is 5.88 Å². The van der Waals surface area contributed by atoms with E-state index >= 15 is 0 Å². The first-order chi connectivity index (χ1) is 15.5. The van der Waals surface area contributed by atoms with Gasteiger partial charge in [0.2, 0.25) is 5.88 Å². The Bertz CT molecular complexity index is 1110. The van der Waals surface area contributed by atoms with E-state index in [9.17, 15) is 4.79 Å². The summed E-state index contributed by atoms with van der Waals surface area (Å²) in [6.07, 6.45) is 5.45.